The predicted molar refractivity (Wildman–Crippen MR) is 114 cm³/mol. The molecule has 0 bridgehead atoms. The van der Waals surface area contributed by atoms with Gasteiger partial charge in [0.1, 0.15) is 5.75 Å². The van der Waals surface area contributed by atoms with E-state index in [1.165, 1.54) is 5.56 Å². The molecule has 0 saturated carbocycles. The number of nitrogens with one attached hydrogen (secondary N) is 2. The Morgan fingerprint density at radius 3 is 2.21 bits per heavy atom. The SMILES string of the molecule is CN=C(NCc1cc(OC)c(OC)cc1OC)NC(C)CCc1ccccc1. The van der Waals surface area contributed by atoms with Crippen LogP contribution in [0.5, 0.6) is 17.2 Å². The molecule has 2 rings (SSSR count). The molecular formula is C22H31N3O3. The maximum absolute atomic E-state index is 5.49. The summed E-state index contributed by atoms with van der Waals surface area (Å²) >= 11 is 0. The van der Waals surface area contributed by atoms with E-state index >= 15 is 0 Å². The monoisotopic (exact) mass is 385 g/mol. The number of hydrogen-bond acceptors (Lipinski definition) is 4. The summed E-state index contributed by atoms with van der Waals surface area (Å²) < 4.78 is 16.2. The highest BCUT2D eigenvalue weighted by atomic mass is 16.5. The van der Waals surface area contributed by atoms with Gasteiger partial charge in [-0.2, -0.15) is 0 Å². The van der Waals surface area contributed by atoms with Crippen LogP contribution < -0.4 is 24.8 Å². The van der Waals surface area contributed by atoms with Crippen molar-refractivity contribution in [3.63, 3.8) is 0 Å². The molecule has 1 unspecified atom stereocenters. The van der Waals surface area contributed by atoms with Gasteiger partial charge in [-0.1, -0.05) is 30.3 Å². The zero-order valence-electron chi connectivity index (χ0n) is 17.4. The van der Waals surface area contributed by atoms with E-state index < -0.39 is 0 Å². The average Bonchev–Trinajstić information content (AvgIpc) is 2.75. The lowest BCUT2D eigenvalue weighted by Crippen LogP contribution is -2.42. The standard InChI is InChI=1S/C22H31N3O3/c1-16(11-12-17-9-7-6-8-10-17)25-22(23-2)24-15-18-13-20(27-4)21(28-5)14-19(18)26-3/h6-10,13-14,16H,11-12,15H2,1-5H3,(H2,23,24,25). The summed E-state index contributed by atoms with van der Waals surface area (Å²) in [5.41, 5.74) is 2.30. The number of methoxy groups -OCH3 is 3. The highest BCUT2D eigenvalue weighted by molar-refractivity contribution is 5.80. The summed E-state index contributed by atoms with van der Waals surface area (Å²) in [5.74, 6) is 2.79. The predicted octanol–water partition coefficient (Wildman–Crippen LogP) is 3.40. The van der Waals surface area contributed by atoms with Crippen LogP contribution in [0, 0.1) is 0 Å². The fourth-order valence-electron chi connectivity index (χ4n) is 2.94. The molecule has 0 aliphatic carbocycles. The van der Waals surface area contributed by atoms with Gasteiger partial charge in [-0.25, -0.2) is 0 Å². The Hall–Kier alpha value is -2.89. The van der Waals surface area contributed by atoms with Gasteiger partial charge in [-0.15, -0.1) is 0 Å². The molecule has 152 valence electrons. The Bertz CT molecular complexity index is 763. The first kappa shape index (κ1) is 21.4. The fraction of sp³-hybridized carbons (Fsp3) is 0.409. The minimum Gasteiger partial charge on any atom is -0.496 e. The largest absolute Gasteiger partial charge is 0.496 e. The summed E-state index contributed by atoms with van der Waals surface area (Å²) in [6.45, 7) is 2.71. The van der Waals surface area contributed by atoms with Crippen LogP contribution in [0.15, 0.2) is 47.5 Å². The van der Waals surface area contributed by atoms with Crippen molar-refractivity contribution in [2.75, 3.05) is 28.4 Å². The highest BCUT2D eigenvalue weighted by Gasteiger charge is 2.13. The Morgan fingerprint density at radius 2 is 1.61 bits per heavy atom. The second-order valence-electron chi connectivity index (χ2n) is 6.51. The van der Waals surface area contributed by atoms with Crippen LogP contribution in [0.4, 0.5) is 0 Å². The number of benzene rings is 2. The highest BCUT2D eigenvalue weighted by Crippen LogP contribution is 2.34. The van der Waals surface area contributed by atoms with Gasteiger partial charge in [-0.05, 0) is 31.4 Å². The molecule has 0 aromatic heterocycles. The van der Waals surface area contributed by atoms with Crippen molar-refractivity contribution in [2.45, 2.75) is 32.4 Å². The molecule has 28 heavy (non-hydrogen) atoms. The molecule has 0 aliphatic heterocycles. The van der Waals surface area contributed by atoms with E-state index in [9.17, 15) is 0 Å². The molecule has 2 aromatic carbocycles. The normalized spacial score (nSPS) is 12.2. The molecule has 1 atom stereocenters. The van der Waals surface area contributed by atoms with Gasteiger partial charge >= 0.3 is 0 Å². The van der Waals surface area contributed by atoms with Crippen LogP contribution >= 0.6 is 0 Å². The van der Waals surface area contributed by atoms with E-state index in [1.54, 1.807) is 28.4 Å². The van der Waals surface area contributed by atoms with Crippen LogP contribution in [0.25, 0.3) is 0 Å². The van der Waals surface area contributed by atoms with Gasteiger partial charge in [0, 0.05) is 31.3 Å². The van der Waals surface area contributed by atoms with Gasteiger partial charge in [0.15, 0.2) is 17.5 Å². The molecule has 2 N–H and O–H groups in total. The fourth-order valence-corrected chi connectivity index (χ4v) is 2.94. The maximum Gasteiger partial charge on any atom is 0.191 e. The first-order chi connectivity index (χ1) is 13.6. The molecule has 0 radical (unpaired) electrons. The first-order valence-electron chi connectivity index (χ1n) is 9.41. The molecule has 0 spiro atoms. The van der Waals surface area contributed by atoms with Crippen LogP contribution in [0.2, 0.25) is 0 Å². The molecule has 0 fully saturated rings. The second kappa shape index (κ2) is 11.1. The molecule has 0 aliphatic rings. The van der Waals surface area contributed by atoms with Gasteiger partial charge in [0.25, 0.3) is 0 Å². The van der Waals surface area contributed by atoms with Crippen molar-refractivity contribution in [1.82, 2.24) is 10.6 Å². The zero-order chi connectivity index (χ0) is 20.4. The summed E-state index contributed by atoms with van der Waals surface area (Å²) in [4.78, 5) is 4.33. The molecule has 0 saturated heterocycles. The summed E-state index contributed by atoms with van der Waals surface area (Å²) in [7, 11) is 6.64. The van der Waals surface area contributed by atoms with E-state index in [4.69, 9.17) is 14.2 Å². The molecule has 0 amide bonds. The lowest BCUT2D eigenvalue weighted by Gasteiger charge is -2.19. The van der Waals surface area contributed by atoms with Gasteiger partial charge in [0.05, 0.1) is 21.3 Å². The molecule has 6 nitrogen and oxygen atoms in total. The third kappa shape index (κ3) is 6.08. The summed E-state index contributed by atoms with van der Waals surface area (Å²) in [6.07, 6.45) is 2.04. The van der Waals surface area contributed by atoms with Crippen LogP contribution in [-0.2, 0) is 13.0 Å². The number of nitrogens with zero attached hydrogens (tertiary/aromatic N) is 1. The first-order valence-corrected chi connectivity index (χ1v) is 9.41. The number of aliphatic imine (C=N–C) groups is 1. The van der Waals surface area contributed by atoms with E-state index in [0.29, 0.717) is 24.1 Å². The van der Waals surface area contributed by atoms with Crippen molar-refractivity contribution in [1.29, 1.82) is 0 Å². The Balaban J connectivity index is 1.94. The van der Waals surface area contributed by atoms with E-state index in [-0.39, 0.29) is 0 Å². The molecule has 0 heterocycles. The van der Waals surface area contributed by atoms with E-state index in [2.05, 4.69) is 46.8 Å². The van der Waals surface area contributed by atoms with Gasteiger partial charge in [0.2, 0.25) is 0 Å². The number of aryl methyl sites for hydroxylation is 1. The molecule has 6 heteroatoms. The lowest BCUT2D eigenvalue weighted by atomic mass is 10.1. The van der Waals surface area contributed by atoms with Crippen molar-refractivity contribution < 1.29 is 14.2 Å². The molecular weight excluding hydrogens is 354 g/mol. The summed E-state index contributed by atoms with van der Waals surface area (Å²) in [6, 6.07) is 14.5. The topological polar surface area (TPSA) is 64.1 Å². The number of rotatable bonds is 9. The number of hydrogen-bond donors (Lipinski definition) is 2. The van der Waals surface area contributed by atoms with Crippen molar-refractivity contribution in [3.8, 4) is 17.2 Å². The third-order valence-electron chi connectivity index (χ3n) is 4.55. The Morgan fingerprint density at radius 1 is 0.964 bits per heavy atom. The average molecular weight is 386 g/mol. The summed E-state index contributed by atoms with van der Waals surface area (Å²) in [5, 5.41) is 6.78. The molecule has 2 aromatic rings. The van der Waals surface area contributed by atoms with Gasteiger partial charge in [-0.3, -0.25) is 4.99 Å². The van der Waals surface area contributed by atoms with E-state index in [1.807, 2.05) is 18.2 Å². The zero-order valence-corrected chi connectivity index (χ0v) is 17.4. The Labute approximate surface area is 167 Å². The number of ether oxygens (including phenoxy) is 3. The quantitative estimate of drug-likeness (QED) is 0.512. The second-order valence-corrected chi connectivity index (χ2v) is 6.51. The van der Waals surface area contributed by atoms with Crippen molar-refractivity contribution in [2.24, 2.45) is 4.99 Å². The van der Waals surface area contributed by atoms with Crippen LogP contribution in [0.1, 0.15) is 24.5 Å². The minimum atomic E-state index is 0.290. The van der Waals surface area contributed by atoms with Gasteiger partial charge < -0.3 is 24.8 Å². The van der Waals surface area contributed by atoms with Crippen LogP contribution in [-0.4, -0.2) is 40.4 Å². The smallest absolute Gasteiger partial charge is 0.191 e. The third-order valence-corrected chi connectivity index (χ3v) is 4.55. The van der Waals surface area contributed by atoms with Crippen molar-refractivity contribution >= 4 is 5.96 Å². The lowest BCUT2D eigenvalue weighted by molar-refractivity contribution is 0.347. The minimum absolute atomic E-state index is 0.290. The van der Waals surface area contributed by atoms with Crippen LogP contribution in [0.3, 0.4) is 0 Å². The number of guanidine groups is 1. The Kier molecular flexibility index (Phi) is 8.46. The van der Waals surface area contributed by atoms with E-state index in [0.717, 1.165) is 30.1 Å². The maximum atomic E-state index is 5.49. The van der Waals surface area contributed by atoms with Crippen molar-refractivity contribution in [3.05, 3.63) is 53.6 Å².